The monoisotopic (exact) mass is 301 g/mol. The fraction of sp³-hybridized carbons (Fsp3) is 0.250. The van der Waals surface area contributed by atoms with E-state index in [0.717, 1.165) is 6.54 Å². The van der Waals surface area contributed by atoms with Crippen molar-refractivity contribution in [2.75, 3.05) is 0 Å². The minimum atomic E-state index is 0.498. The molecule has 0 saturated carbocycles. The summed E-state index contributed by atoms with van der Waals surface area (Å²) >= 11 is 3.64. The van der Waals surface area contributed by atoms with Gasteiger partial charge in [0.1, 0.15) is 0 Å². The average molecular weight is 302 g/mol. The minimum Gasteiger partial charge on any atom is -0.306 e. The number of rotatable bonds is 3. The van der Waals surface area contributed by atoms with Crippen molar-refractivity contribution in [3.05, 3.63) is 69.7 Å². The Bertz CT molecular complexity index is 536. The van der Waals surface area contributed by atoms with Crippen LogP contribution >= 0.6 is 15.9 Å². The van der Waals surface area contributed by atoms with Gasteiger partial charge in [0.2, 0.25) is 0 Å². The summed E-state index contributed by atoms with van der Waals surface area (Å²) in [6.07, 6.45) is 2.37. The molecular weight excluding hydrogens is 286 g/mol. The van der Waals surface area contributed by atoms with Crippen molar-refractivity contribution < 1.29 is 0 Å². The highest BCUT2D eigenvalue weighted by atomic mass is 79.9. The molecule has 1 unspecified atom stereocenters. The predicted octanol–water partition coefficient (Wildman–Crippen LogP) is 4.23. The third-order valence-electron chi connectivity index (χ3n) is 3.61. The molecule has 2 heteroatoms. The lowest BCUT2D eigenvalue weighted by atomic mass is 10.1. The van der Waals surface area contributed by atoms with Gasteiger partial charge in [-0.2, -0.15) is 0 Å². The molecule has 0 fully saturated rings. The van der Waals surface area contributed by atoms with Gasteiger partial charge in [-0.25, -0.2) is 0 Å². The predicted molar refractivity (Wildman–Crippen MR) is 78.5 cm³/mol. The van der Waals surface area contributed by atoms with E-state index in [1.54, 1.807) is 0 Å². The van der Waals surface area contributed by atoms with Crippen LogP contribution < -0.4 is 5.32 Å². The first kappa shape index (κ1) is 11.9. The SMILES string of the molecule is Brc1cccc2c1CCC2NCc1ccccc1. The Labute approximate surface area is 116 Å². The number of hydrogen-bond acceptors (Lipinski definition) is 1. The van der Waals surface area contributed by atoms with E-state index in [2.05, 4.69) is 69.8 Å². The van der Waals surface area contributed by atoms with E-state index in [1.165, 1.54) is 34.0 Å². The third kappa shape index (κ3) is 2.36. The molecule has 0 heterocycles. The van der Waals surface area contributed by atoms with Gasteiger partial charge in [0.05, 0.1) is 0 Å². The molecule has 0 bridgehead atoms. The summed E-state index contributed by atoms with van der Waals surface area (Å²) in [6, 6.07) is 17.6. The summed E-state index contributed by atoms with van der Waals surface area (Å²) in [5.41, 5.74) is 4.28. The molecule has 1 nitrogen and oxygen atoms in total. The number of benzene rings is 2. The van der Waals surface area contributed by atoms with Crippen molar-refractivity contribution in [2.45, 2.75) is 25.4 Å². The second-order valence-electron chi connectivity index (χ2n) is 4.77. The van der Waals surface area contributed by atoms with Gasteiger partial charge in [0.15, 0.2) is 0 Å². The van der Waals surface area contributed by atoms with Crippen LogP contribution in [-0.4, -0.2) is 0 Å². The highest BCUT2D eigenvalue weighted by Crippen LogP contribution is 2.35. The fourth-order valence-corrected chi connectivity index (χ4v) is 3.24. The Balaban J connectivity index is 1.72. The maximum Gasteiger partial charge on any atom is 0.0329 e. The fourth-order valence-electron chi connectivity index (χ4n) is 2.66. The number of nitrogens with one attached hydrogen (secondary N) is 1. The van der Waals surface area contributed by atoms with Gasteiger partial charge < -0.3 is 5.32 Å². The molecule has 92 valence electrons. The normalized spacial score (nSPS) is 17.7. The van der Waals surface area contributed by atoms with Crippen LogP contribution in [0.15, 0.2) is 53.0 Å². The summed E-state index contributed by atoms with van der Waals surface area (Å²) in [5.74, 6) is 0. The van der Waals surface area contributed by atoms with Crippen molar-refractivity contribution in [1.29, 1.82) is 0 Å². The summed E-state index contributed by atoms with van der Waals surface area (Å²) in [5, 5.41) is 3.66. The Morgan fingerprint density at radius 3 is 2.72 bits per heavy atom. The molecule has 18 heavy (non-hydrogen) atoms. The van der Waals surface area contributed by atoms with Gasteiger partial charge in [-0.05, 0) is 35.6 Å². The van der Waals surface area contributed by atoms with E-state index in [0.29, 0.717) is 6.04 Å². The van der Waals surface area contributed by atoms with Crippen LogP contribution in [0, 0.1) is 0 Å². The van der Waals surface area contributed by atoms with Crippen LogP contribution in [0.5, 0.6) is 0 Å². The molecule has 0 saturated heterocycles. The summed E-state index contributed by atoms with van der Waals surface area (Å²) in [6.45, 7) is 0.942. The van der Waals surface area contributed by atoms with E-state index < -0.39 is 0 Å². The maximum atomic E-state index is 3.66. The lowest BCUT2D eigenvalue weighted by Crippen LogP contribution is -2.18. The van der Waals surface area contributed by atoms with Crippen molar-refractivity contribution in [3.63, 3.8) is 0 Å². The molecule has 0 radical (unpaired) electrons. The van der Waals surface area contributed by atoms with Gasteiger partial charge in [-0.1, -0.05) is 58.4 Å². The molecule has 2 aromatic rings. The topological polar surface area (TPSA) is 12.0 Å². The minimum absolute atomic E-state index is 0.498. The zero-order valence-corrected chi connectivity index (χ0v) is 11.8. The molecule has 0 aliphatic heterocycles. The first-order valence-corrected chi connectivity index (χ1v) is 7.18. The maximum absolute atomic E-state index is 3.66. The number of halogens is 1. The first-order chi connectivity index (χ1) is 8.84. The molecule has 0 spiro atoms. The largest absolute Gasteiger partial charge is 0.306 e. The molecule has 1 aliphatic rings. The zero-order valence-electron chi connectivity index (χ0n) is 10.2. The van der Waals surface area contributed by atoms with E-state index in [4.69, 9.17) is 0 Å². The first-order valence-electron chi connectivity index (χ1n) is 6.39. The Hall–Kier alpha value is -1.12. The van der Waals surface area contributed by atoms with Gasteiger partial charge in [-0.3, -0.25) is 0 Å². The van der Waals surface area contributed by atoms with Crippen molar-refractivity contribution >= 4 is 15.9 Å². The smallest absolute Gasteiger partial charge is 0.0329 e. The van der Waals surface area contributed by atoms with Crippen molar-refractivity contribution in [1.82, 2.24) is 5.32 Å². The van der Waals surface area contributed by atoms with Crippen molar-refractivity contribution in [2.24, 2.45) is 0 Å². The van der Waals surface area contributed by atoms with Crippen LogP contribution in [0.25, 0.3) is 0 Å². The molecular formula is C16H16BrN. The standard InChI is InChI=1S/C16H16BrN/c17-15-8-4-7-14-13(15)9-10-16(14)18-11-12-5-2-1-3-6-12/h1-8,16,18H,9-11H2. The van der Waals surface area contributed by atoms with Crippen molar-refractivity contribution in [3.8, 4) is 0 Å². The molecule has 0 amide bonds. The van der Waals surface area contributed by atoms with E-state index >= 15 is 0 Å². The lowest BCUT2D eigenvalue weighted by molar-refractivity contribution is 0.530. The Kier molecular flexibility index (Phi) is 3.48. The van der Waals surface area contributed by atoms with E-state index in [1.807, 2.05) is 0 Å². The Morgan fingerprint density at radius 1 is 1.06 bits per heavy atom. The van der Waals surface area contributed by atoms with E-state index in [9.17, 15) is 0 Å². The second kappa shape index (κ2) is 5.25. The molecule has 2 aromatic carbocycles. The molecule has 3 rings (SSSR count). The second-order valence-corrected chi connectivity index (χ2v) is 5.62. The van der Waals surface area contributed by atoms with Crippen LogP contribution in [0.4, 0.5) is 0 Å². The summed E-state index contributed by atoms with van der Waals surface area (Å²) in [7, 11) is 0. The van der Waals surface area contributed by atoms with Crippen LogP contribution in [0.3, 0.4) is 0 Å². The van der Waals surface area contributed by atoms with Crippen LogP contribution in [0.1, 0.15) is 29.2 Å². The highest BCUT2D eigenvalue weighted by molar-refractivity contribution is 9.10. The van der Waals surface area contributed by atoms with Crippen LogP contribution in [0.2, 0.25) is 0 Å². The number of hydrogen-bond donors (Lipinski definition) is 1. The van der Waals surface area contributed by atoms with Crippen LogP contribution in [-0.2, 0) is 13.0 Å². The van der Waals surface area contributed by atoms with Gasteiger partial charge in [0, 0.05) is 17.1 Å². The highest BCUT2D eigenvalue weighted by Gasteiger charge is 2.23. The van der Waals surface area contributed by atoms with E-state index in [-0.39, 0.29) is 0 Å². The summed E-state index contributed by atoms with van der Waals surface area (Å²) < 4.78 is 1.25. The van der Waals surface area contributed by atoms with Gasteiger partial charge >= 0.3 is 0 Å². The van der Waals surface area contributed by atoms with Gasteiger partial charge in [-0.15, -0.1) is 0 Å². The lowest BCUT2D eigenvalue weighted by Gasteiger charge is -2.14. The quantitative estimate of drug-likeness (QED) is 0.895. The third-order valence-corrected chi connectivity index (χ3v) is 4.35. The number of fused-ring (bicyclic) bond motifs is 1. The summed E-state index contributed by atoms with van der Waals surface area (Å²) in [4.78, 5) is 0. The molecule has 1 N–H and O–H groups in total. The molecule has 0 aromatic heterocycles. The molecule has 1 atom stereocenters. The van der Waals surface area contributed by atoms with Gasteiger partial charge in [0.25, 0.3) is 0 Å². The zero-order chi connectivity index (χ0) is 12.4. The molecule has 1 aliphatic carbocycles. The Morgan fingerprint density at radius 2 is 1.89 bits per heavy atom. The average Bonchev–Trinajstić information content (AvgIpc) is 2.82.